The molecule has 0 radical (unpaired) electrons. The van der Waals surface area contributed by atoms with Crippen LogP contribution in [0.4, 0.5) is 0 Å². The van der Waals surface area contributed by atoms with Crippen molar-refractivity contribution in [2.24, 2.45) is 0 Å². The maximum absolute atomic E-state index is 6.59. The lowest BCUT2D eigenvalue weighted by Gasteiger charge is -2.31. The summed E-state index contributed by atoms with van der Waals surface area (Å²) in [5.41, 5.74) is 7.76. The smallest absolute Gasteiger partial charge is 0.129 e. The summed E-state index contributed by atoms with van der Waals surface area (Å²) in [4.78, 5) is 4.88. The van der Waals surface area contributed by atoms with E-state index in [2.05, 4.69) is 86.5 Å². The van der Waals surface area contributed by atoms with Crippen molar-refractivity contribution in [1.29, 1.82) is 0 Å². The number of ether oxygens (including phenoxy) is 2. The summed E-state index contributed by atoms with van der Waals surface area (Å²) in [7, 11) is 2.38. The monoisotopic (exact) mass is 473 g/mol. The van der Waals surface area contributed by atoms with E-state index in [1.807, 2.05) is 6.20 Å². The third-order valence-corrected chi connectivity index (χ3v) is 6.64. The molecule has 0 amide bonds. The highest BCUT2D eigenvalue weighted by atomic mass is 31.0. The number of hydrogen-bond donors (Lipinski definition) is 0. The Kier molecular flexibility index (Phi) is 6.10. The van der Waals surface area contributed by atoms with Gasteiger partial charge >= 0.3 is 0 Å². The Morgan fingerprint density at radius 2 is 1.91 bits per heavy atom. The summed E-state index contributed by atoms with van der Waals surface area (Å²) < 4.78 is 18.2. The second kappa shape index (κ2) is 8.92. The normalized spacial score (nSPS) is 14.4. The second-order valence-corrected chi connectivity index (χ2v) is 10.5. The number of rotatable bonds is 5. The van der Waals surface area contributed by atoms with Crippen LogP contribution in [0.25, 0.3) is 32.8 Å². The van der Waals surface area contributed by atoms with E-state index in [4.69, 9.17) is 19.0 Å². The SMILES string of the molecule is Cc1ccc2cc(C)c([C@@H](COP)OC(C)(C)C)c(-c3ccc4c5c(ccnc35)CCO4)c2c1. The molecule has 0 bridgehead atoms. The van der Waals surface area contributed by atoms with Gasteiger partial charge in [0.1, 0.15) is 11.9 Å². The molecular weight excluding hydrogens is 441 g/mol. The summed E-state index contributed by atoms with van der Waals surface area (Å²) >= 11 is 0. The van der Waals surface area contributed by atoms with E-state index in [-0.39, 0.29) is 11.7 Å². The van der Waals surface area contributed by atoms with Gasteiger partial charge in [0.2, 0.25) is 0 Å². The predicted molar refractivity (Wildman–Crippen MR) is 143 cm³/mol. The Bertz CT molecular complexity index is 1380. The van der Waals surface area contributed by atoms with Crippen LogP contribution in [-0.4, -0.2) is 23.8 Å². The van der Waals surface area contributed by atoms with E-state index in [9.17, 15) is 0 Å². The number of benzene rings is 3. The Morgan fingerprint density at radius 1 is 1.09 bits per heavy atom. The summed E-state index contributed by atoms with van der Waals surface area (Å²) in [6.07, 6.45) is 2.58. The summed E-state index contributed by atoms with van der Waals surface area (Å²) in [5, 5.41) is 3.53. The topological polar surface area (TPSA) is 40.6 Å². The van der Waals surface area contributed by atoms with Gasteiger partial charge in [0.15, 0.2) is 0 Å². The first-order chi connectivity index (χ1) is 16.3. The van der Waals surface area contributed by atoms with Crippen molar-refractivity contribution >= 4 is 31.1 Å². The minimum absolute atomic E-state index is 0.237. The molecule has 1 aromatic heterocycles. The van der Waals surface area contributed by atoms with Gasteiger partial charge in [-0.15, -0.1) is 0 Å². The van der Waals surface area contributed by atoms with Crippen LogP contribution in [0, 0.1) is 13.8 Å². The maximum atomic E-state index is 6.59. The van der Waals surface area contributed by atoms with Crippen LogP contribution in [-0.2, 0) is 15.7 Å². The van der Waals surface area contributed by atoms with Gasteiger partial charge < -0.3 is 14.0 Å². The zero-order valence-corrected chi connectivity index (χ0v) is 21.7. The fourth-order valence-corrected chi connectivity index (χ4v) is 5.34. The summed E-state index contributed by atoms with van der Waals surface area (Å²) in [6, 6.07) is 15.3. The molecule has 1 aliphatic heterocycles. The zero-order valence-electron chi connectivity index (χ0n) is 20.6. The molecule has 1 unspecified atom stereocenters. The molecule has 0 spiro atoms. The van der Waals surface area contributed by atoms with Crippen LogP contribution >= 0.6 is 9.47 Å². The van der Waals surface area contributed by atoms with Gasteiger partial charge in [0.25, 0.3) is 0 Å². The molecule has 0 aliphatic carbocycles. The highest BCUT2D eigenvalue weighted by Gasteiger charge is 2.28. The number of hydrogen-bond acceptors (Lipinski definition) is 4. The third-order valence-electron chi connectivity index (χ3n) is 6.45. The average Bonchev–Trinajstić information content (AvgIpc) is 2.78. The van der Waals surface area contributed by atoms with Gasteiger partial charge in [0, 0.05) is 33.0 Å². The molecule has 5 heteroatoms. The lowest BCUT2D eigenvalue weighted by Crippen LogP contribution is -2.25. The molecule has 0 saturated carbocycles. The molecule has 3 aromatic carbocycles. The number of aryl methyl sites for hydroxylation is 2. The van der Waals surface area contributed by atoms with E-state index in [0.29, 0.717) is 13.2 Å². The fourth-order valence-electron chi connectivity index (χ4n) is 5.16. The second-order valence-electron chi connectivity index (χ2n) is 10.2. The predicted octanol–water partition coefficient (Wildman–Crippen LogP) is 7.27. The third kappa shape index (κ3) is 4.20. The fraction of sp³-hybridized carbons (Fsp3) is 0.345. The molecule has 0 saturated heterocycles. The van der Waals surface area contributed by atoms with Gasteiger partial charge in [-0.25, -0.2) is 0 Å². The van der Waals surface area contributed by atoms with E-state index in [1.54, 1.807) is 0 Å². The number of aromatic nitrogens is 1. The zero-order chi connectivity index (χ0) is 24.0. The van der Waals surface area contributed by atoms with Crippen molar-refractivity contribution in [2.45, 2.75) is 52.7 Å². The molecule has 34 heavy (non-hydrogen) atoms. The molecular formula is C29H32NO3P. The Hall–Kier alpha value is -2.52. The van der Waals surface area contributed by atoms with Crippen molar-refractivity contribution in [3.8, 4) is 16.9 Å². The quantitative estimate of drug-likeness (QED) is 0.286. The first-order valence-electron chi connectivity index (χ1n) is 11.8. The molecule has 4 aromatic rings. The van der Waals surface area contributed by atoms with Crippen molar-refractivity contribution in [3.63, 3.8) is 0 Å². The first-order valence-corrected chi connectivity index (χ1v) is 12.3. The van der Waals surface area contributed by atoms with Crippen LogP contribution in [0.1, 0.15) is 49.1 Å². The lowest BCUT2D eigenvalue weighted by molar-refractivity contribution is -0.0761. The average molecular weight is 474 g/mol. The van der Waals surface area contributed by atoms with Gasteiger partial charge in [0.05, 0.1) is 24.3 Å². The standard InChI is InChI=1S/C29H32NO3P/c1-17-6-7-20-15-18(2)25(24(16-32-34)33-29(3,4)5)27(22(20)14-17)21-8-9-23-26-19(11-13-31-23)10-12-30-28(21)26/h6-10,12,14-15,24H,11,13,16,34H2,1-5H3/t24-/m1/s1. The van der Waals surface area contributed by atoms with Crippen LogP contribution in [0.15, 0.2) is 48.7 Å². The number of pyridine rings is 1. The Balaban J connectivity index is 1.89. The highest BCUT2D eigenvalue weighted by molar-refractivity contribution is 7.09. The molecule has 4 nitrogen and oxygen atoms in total. The minimum atomic E-state index is -0.328. The Labute approximate surface area is 203 Å². The molecule has 2 atom stereocenters. The van der Waals surface area contributed by atoms with Gasteiger partial charge in [-0.05, 0) is 85.8 Å². The minimum Gasteiger partial charge on any atom is -0.493 e. The van der Waals surface area contributed by atoms with Gasteiger partial charge in [-0.3, -0.25) is 4.98 Å². The highest BCUT2D eigenvalue weighted by Crippen LogP contribution is 2.45. The number of nitrogens with zero attached hydrogens (tertiary/aromatic N) is 1. The van der Waals surface area contributed by atoms with E-state index in [1.165, 1.54) is 27.5 Å². The van der Waals surface area contributed by atoms with E-state index < -0.39 is 0 Å². The van der Waals surface area contributed by atoms with Gasteiger partial charge in [-0.2, -0.15) is 0 Å². The lowest BCUT2D eigenvalue weighted by atomic mass is 9.85. The van der Waals surface area contributed by atoms with E-state index in [0.717, 1.165) is 39.8 Å². The largest absolute Gasteiger partial charge is 0.493 e. The molecule has 0 N–H and O–H groups in total. The Morgan fingerprint density at radius 3 is 2.68 bits per heavy atom. The first kappa shape index (κ1) is 23.2. The van der Waals surface area contributed by atoms with Crippen LogP contribution < -0.4 is 4.74 Å². The van der Waals surface area contributed by atoms with Crippen molar-refractivity contribution < 1.29 is 14.0 Å². The van der Waals surface area contributed by atoms with Crippen LogP contribution in [0.5, 0.6) is 5.75 Å². The molecule has 2 heterocycles. The molecule has 5 rings (SSSR count). The van der Waals surface area contributed by atoms with Crippen LogP contribution in [0.3, 0.4) is 0 Å². The maximum Gasteiger partial charge on any atom is 0.129 e. The summed E-state index contributed by atoms with van der Waals surface area (Å²) in [6.45, 7) is 11.7. The molecule has 1 aliphatic rings. The van der Waals surface area contributed by atoms with Crippen molar-refractivity contribution in [1.82, 2.24) is 4.98 Å². The van der Waals surface area contributed by atoms with Crippen LogP contribution in [0.2, 0.25) is 0 Å². The summed E-state index contributed by atoms with van der Waals surface area (Å²) in [5.74, 6) is 0.915. The van der Waals surface area contributed by atoms with Gasteiger partial charge in [-0.1, -0.05) is 29.8 Å². The molecule has 176 valence electrons. The van der Waals surface area contributed by atoms with Crippen molar-refractivity contribution in [2.75, 3.05) is 13.2 Å². The van der Waals surface area contributed by atoms with E-state index >= 15 is 0 Å². The van der Waals surface area contributed by atoms with Crippen molar-refractivity contribution in [3.05, 3.63) is 70.9 Å². The molecule has 0 fully saturated rings. The number of fused-ring (bicyclic) bond motifs is 1.